The summed E-state index contributed by atoms with van der Waals surface area (Å²) in [6.45, 7) is 7.29. The molecule has 0 aliphatic carbocycles. The Morgan fingerprint density at radius 2 is 2.19 bits per heavy atom. The van der Waals surface area contributed by atoms with Crippen LogP contribution in [0.1, 0.15) is 23.5 Å². The summed E-state index contributed by atoms with van der Waals surface area (Å²) in [4.78, 5) is 14.3. The Kier molecular flexibility index (Phi) is 5.28. The third kappa shape index (κ3) is 3.50. The van der Waals surface area contributed by atoms with Crippen LogP contribution in [0.3, 0.4) is 0 Å². The van der Waals surface area contributed by atoms with Crippen LogP contribution in [-0.4, -0.2) is 37.1 Å². The number of likely N-dealkylation sites (N-methyl/N-ethyl adjacent to an activating group) is 1. The predicted octanol–water partition coefficient (Wildman–Crippen LogP) is 1.83. The molecule has 90 valence electrons. The molecular formula is C11H18N2O2S. The topological polar surface area (TPSA) is 55.6 Å². The van der Waals surface area contributed by atoms with Crippen molar-refractivity contribution in [2.75, 3.05) is 32.0 Å². The van der Waals surface area contributed by atoms with Crippen LogP contribution in [0.15, 0.2) is 11.4 Å². The number of anilines is 1. The Bertz CT molecular complexity index is 334. The maximum atomic E-state index is 11.6. The molecule has 2 N–H and O–H groups in total. The van der Waals surface area contributed by atoms with Gasteiger partial charge in [0.05, 0.1) is 5.69 Å². The molecule has 0 unspecified atom stereocenters. The Balaban J connectivity index is 2.34. The Hall–Kier alpha value is -1.07. The highest BCUT2D eigenvalue weighted by molar-refractivity contribution is 7.12. The molecule has 0 aliphatic rings. The van der Waals surface area contributed by atoms with Gasteiger partial charge in [-0.15, -0.1) is 11.3 Å². The van der Waals surface area contributed by atoms with E-state index in [1.54, 1.807) is 11.4 Å². The zero-order chi connectivity index (χ0) is 12.0. The molecule has 0 spiro atoms. The van der Waals surface area contributed by atoms with Gasteiger partial charge in [-0.25, -0.2) is 4.79 Å². The number of nitrogen functional groups attached to an aromatic ring is 1. The van der Waals surface area contributed by atoms with E-state index in [0.717, 1.165) is 19.6 Å². The molecule has 1 aromatic heterocycles. The number of carbonyl (C=O) groups is 1. The molecule has 1 aromatic rings. The SMILES string of the molecule is CCN(CC)CCOC(=O)c1sccc1N. The van der Waals surface area contributed by atoms with E-state index in [-0.39, 0.29) is 5.97 Å². The van der Waals surface area contributed by atoms with Gasteiger partial charge in [-0.3, -0.25) is 0 Å². The highest BCUT2D eigenvalue weighted by Crippen LogP contribution is 2.19. The predicted molar refractivity (Wildman–Crippen MR) is 66.8 cm³/mol. The van der Waals surface area contributed by atoms with Crippen molar-refractivity contribution in [3.05, 3.63) is 16.3 Å². The zero-order valence-electron chi connectivity index (χ0n) is 9.73. The summed E-state index contributed by atoms with van der Waals surface area (Å²) >= 11 is 1.31. The van der Waals surface area contributed by atoms with Gasteiger partial charge in [0.25, 0.3) is 0 Å². The molecule has 0 radical (unpaired) electrons. The monoisotopic (exact) mass is 242 g/mol. The second-order valence-corrected chi connectivity index (χ2v) is 4.28. The number of rotatable bonds is 6. The Morgan fingerprint density at radius 1 is 1.50 bits per heavy atom. The van der Waals surface area contributed by atoms with E-state index in [1.165, 1.54) is 11.3 Å². The highest BCUT2D eigenvalue weighted by Gasteiger charge is 2.12. The lowest BCUT2D eigenvalue weighted by atomic mass is 10.4. The van der Waals surface area contributed by atoms with Crippen molar-refractivity contribution in [1.82, 2.24) is 4.90 Å². The van der Waals surface area contributed by atoms with Crippen LogP contribution in [-0.2, 0) is 4.74 Å². The van der Waals surface area contributed by atoms with E-state index < -0.39 is 0 Å². The maximum absolute atomic E-state index is 11.6. The van der Waals surface area contributed by atoms with Gasteiger partial charge in [0.1, 0.15) is 11.5 Å². The molecule has 4 nitrogen and oxygen atoms in total. The molecule has 16 heavy (non-hydrogen) atoms. The average Bonchev–Trinajstić information content (AvgIpc) is 2.70. The number of nitrogens with zero attached hydrogens (tertiary/aromatic N) is 1. The van der Waals surface area contributed by atoms with Crippen molar-refractivity contribution in [3.63, 3.8) is 0 Å². The normalized spacial score (nSPS) is 10.7. The molecule has 0 atom stereocenters. The minimum atomic E-state index is -0.320. The maximum Gasteiger partial charge on any atom is 0.350 e. The van der Waals surface area contributed by atoms with Crippen molar-refractivity contribution < 1.29 is 9.53 Å². The molecule has 1 rings (SSSR count). The number of esters is 1. The third-order valence-electron chi connectivity index (χ3n) is 2.42. The average molecular weight is 242 g/mol. The number of nitrogens with two attached hydrogens (primary N) is 1. The van der Waals surface area contributed by atoms with Crippen molar-refractivity contribution in [2.45, 2.75) is 13.8 Å². The van der Waals surface area contributed by atoms with E-state index in [2.05, 4.69) is 18.7 Å². The van der Waals surface area contributed by atoms with Crippen molar-refractivity contribution in [1.29, 1.82) is 0 Å². The lowest BCUT2D eigenvalue weighted by Crippen LogP contribution is -2.27. The summed E-state index contributed by atoms with van der Waals surface area (Å²) in [5.74, 6) is -0.320. The minimum Gasteiger partial charge on any atom is -0.460 e. The molecule has 0 saturated heterocycles. The fourth-order valence-electron chi connectivity index (χ4n) is 1.36. The number of ether oxygens (including phenoxy) is 1. The van der Waals surface area contributed by atoms with Crippen molar-refractivity contribution in [3.8, 4) is 0 Å². The van der Waals surface area contributed by atoms with Crippen LogP contribution < -0.4 is 5.73 Å². The number of carbonyl (C=O) groups excluding carboxylic acids is 1. The first-order chi connectivity index (χ1) is 7.69. The lowest BCUT2D eigenvalue weighted by molar-refractivity contribution is 0.0473. The quantitative estimate of drug-likeness (QED) is 0.773. The molecule has 5 heteroatoms. The molecule has 0 amide bonds. The Labute approximate surface area is 100 Å². The van der Waals surface area contributed by atoms with Crippen molar-refractivity contribution in [2.24, 2.45) is 0 Å². The zero-order valence-corrected chi connectivity index (χ0v) is 10.5. The van der Waals surface area contributed by atoms with E-state index >= 15 is 0 Å². The Morgan fingerprint density at radius 3 is 2.69 bits per heavy atom. The van der Waals surface area contributed by atoms with Gasteiger partial charge in [0, 0.05) is 6.54 Å². The molecule has 0 aliphatic heterocycles. The first-order valence-electron chi connectivity index (χ1n) is 5.41. The van der Waals surface area contributed by atoms with Gasteiger partial charge in [-0.1, -0.05) is 13.8 Å². The van der Waals surface area contributed by atoms with E-state index in [1.807, 2.05) is 0 Å². The number of thiophene rings is 1. The smallest absolute Gasteiger partial charge is 0.350 e. The number of hydrogen-bond donors (Lipinski definition) is 1. The molecule has 0 fully saturated rings. The summed E-state index contributed by atoms with van der Waals surface area (Å²) in [5.41, 5.74) is 6.12. The molecule has 1 heterocycles. The molecule has 0 saturated carbocycles. The molecular weight excluding hydrogens is 224 g/mol. The van der Waals surface area contributed by atoms with Gasteiger partial charge in [0.15, 0.2) is 0 Å². The van der Waals surface area contributed by atoms with Gasteiger partial charge < -0.3 is 15.4 Å². The summed E-state index contributed by atoms with van der Waals surface area (Å²) < 4.78 is 5.15. The minimum absolute atomic E-state index is 0.320. The van der Waals surface area contributed by atoms with E-state index in [0.29, 0.717) is 17.2 Å². The van der Waals surface area contributed by atoms with Gasteiger partial charge in [-0.2, -0.15) is 0 Å². The van der Waals surface area contributed by atoms with Crippen LogP contribution in [0.25, 0.3) is 0 Å². The first kappa shape index (κ1) is 13.0. The largest absolute Gasteiger partial charge is 0.460 e. The van der Waals surface area contributed by atoms with E-state index in [4.69, 9.17) is 10.5 Å². The van der Waals surface area contributed by atoms with Gasteiger partial charge in [-0.05, 0) is 24.5 Å². The van der Waals surface area contributed by atoms with Crippen LogP contribution in [0.4, 0.5) is 5.69 Å². The molecule has 0 aromatic carbocycles. The van der Waals surface area contributed by atoms with E-state index in [9.17, 15) is 4.79 Å². The lowest BCUT2D eigenvalue weighted by Gasteiger charge is -2.17. The first-order valence-corrected chi connectivity index (χ1v) is 6.29. The summed E-state index contributed by atoms with van der Waals surface area (Å²) in [6.07, 6.45) is 0. The van der Waals surface area contributed by atoms with Crippen molar-refractivity contribution >= 4 is 23.0 Å². The van der Waals surface area contributed by atoms with Crippen LogP contribution >= 0.6 is 11.3 Å². The summed E-state index contributed by atoms with van der Waals surface area (Å²) in [6, 6.07) is 1.71. The van der Waals surface area contributed by atoms with Crippen LogP contribution in [0, 0.1) is 0 Å². The van der Waals surface area contributed by atoms with Crippen LogP contribution in [0.5, 0.6) is 0 Å². The summed E-state index contributed by atoms with van der Waals surface area (Å²) in [7, 11) is 0. The summed E-state index contributed by atoms with van der Waals surface area (Å²) in [5, 5.41) is 1.79. The fourth-order valence-corrected chi connectivity index (χ4v) is 2.07. The highest BCUT2D eigenvalue weighted by atomic mass is 32.1. The molecule has 0 bridgehead atoms. The fraction of sp³-hybridized carbons (Fsp3) is 0.545. The third-order valence-corrected chi connectivity index (χ3v) is 3.33. The van der Waals surface area contributed by atoms with Gasteiger partial charge >= 0.3 is 5.97 Å². The van der Waals surface area contributed by atoms with Crippen LogP contribution in [0.2, 0.25) is 0 Å². The second-order valence-electron chi connectivity index (χ2n) is 3.37. The van der Waals surface area contributed by atoms with Gasteiger partial charge in [0.2, 0.25) is 0 Å². The second kappa shape index (κ2) is 6.50. The number of hydrogen-bond acceptors (Lipinski definition) is 5. The standard InChI is InChI=1S/C11H18N2O2S/c1-3-13(4-2)6-7-15-11(14)10-9(12)5-8-16-10/h5,8H,3-4,6-7,12H2,1-2H3.